The fourth-order valence-corrected chi connectivity index (χ4v) is 1.94. The molecule has 6 nitrogen and oxygen atoms in total. The molecule has 0 aliphatic rings. The quantitative estimate of drug-likeness (QED) is 0.775. The summed E-state index contributed by atoms with van der Waals surface area (Å²) in [5, 5.41) is 6.90. The summed E-state index contributed by atoms with van der Waals surface area (Å²) in [6.45, 7) is 1.16. The van der Waals surface area contributed by atoms with E-state index in [2.05, 4.69) is 15.4 Å². The Balaban J connectivity index is 1.56. The van der Waals surface area contributed by atoms with Crippen molar-refractivity contribution in [2.24, 2.45) is 0 Å². The molecule has 1 amide bonds. The van der Waals surface area contributed by atoms with Crippen molar-refractivity contribution in [3.8, 4) is 0 Å². The number of amides is 1. The van der Waals surface area contributed by atoms with Gasteiger partial charge in [-0.15, -0.1) is 0 Å². The van der Waals surface area contributed by atoms with Crippen LogP contribution in [0.25, 0.3) is 0 Å². The van der Waals surface area contributed by atoms with E-state index in [0.717, 1.165) is 11.1 Å². The molecule has 0 saturated carbocycles. The highest BCUT2D eigenvalue weighted by molar-refractivity contribution is 5.93. The van der Waals surface area contributed by atoms with E-state index in [1.165, 1.54) is 18.9 Å². The highest BCUT2D eigenvalue weighted by Crippen LogP contribution is 2.06. The second kappa shape index (κ2) is 6.04. The van der Waals surface area contributed by atoms with Crippen molar-refractivity contribution in [2.75, 3.05) is 0 Å². The average Bonchev–Trinajstić information content (AvgIpc) is 3.19. The molecule has 2 heterocycles. The van der Waals surface area contributed by atoms with Crippen LogP contribution in [0.1, 0.15) is 21.5 Å². The number of benzene rings is 1. The number of carbonyl (C=O) groups excluding carboxylic acids is 1. The lowest BCUT2D eigenvalue weighted by Gasteiger charge is -2.06. The van der Waals surface area contributed by atoms with E-state index in [9.17, 15) is 4.79 Å². The van der Waals surface area contributed by atoms with E-state index in [-0.39, 0.29) is 5.91 Å². The van der Waals surface area contributed by atoms with Gasteiger partial charge in [-0.3, -0.25) is 4.79 Å². The van der Waals surface area contributed by atoms with E-state index in [0.29, 0.717) is 18.7 Å². The number of hydrogen-bond acceptors (Lipinski definition) is 4. The third-order valence-electron chi connectivity index (χ3n) is 3.07. The Hall–Kier alpha value is -2.89. The Morgan fingerprint density at radius 2 is 2.00 bits per heavy atom. The first-order chi connectivity index (χ1) is 10.3. The van der Waals surface area contributed by atoms with Crippen molar-refractivity contribution in [2.45, 2.75) is 13.1 Å². The van der Waals surface area contributed by atoms with Crippen molar-refractivity contribution in [1.29, 1.82) is 0 Å². The Kier molecular flexibility index (Phi) is 3.77. The van der Waals surface area contributed by atoms with Gasteiger partial charge in [-0.05, 0) is 17.2 Å². The molecule has 0 saturated heterocycles. The Labute approximate surface area is 121 Å². The van der Waals surface area contributed by atoms with Crippen LogP contribution in [0.5, 0.6) is 0 Å². The van der Waals surface area contributed by atoms with Gasteiger partial charge in [0.05, 0.1) is 18.4 Å². The first-order valence-electron chi connectivity index (χ1n) is 6.52. The third kappa shape index (κ3) is 3.36. The van der Waals surface area contributed by atoms with Crippen LogP contribution in [0.4, 0.5) is 0 Å². The lowest BCUT2D eigenvalue weighted by Crippen LogP contribution is -2.22. The first kappa shape index (κ1) is 13.1. The number of nitrogens with zero attached hydrogens (tertiary/aromatic N) is 3. The second-order valence-electron chi connectivity index (χ2n) is 4.60. The summed E-state index contributed by atoms with van der Waals surface area (Å²) in [6, 6.07) is 9.64. The molecule has 0 fully saturated rings. The number of furan rings is 1. The van der Waals surface area contributed by atoms with Crippen molar-refractivity contribution in [3.63, 3.8) is 0 Å². The molecular formula is C15H14N4O2. The average molecular weight is 282 g/mol. The van der Waals surface area contributed by atoms with Crippen molar-refractivity contribution in [1.82, 2.24) is 20.1 Å². The van der Waals surface area contributed by atoms with E-state index in [1.54, 1.807) is 17.1 Å². The standard InChI is InChI=1S/C15H14N4O2/c20-15(14-5-6-21-9-14)17-7-12-1-3-13(4-2-12)8-19-11-16-10-18-19/h1-6,9-11H,7-8H2,(H,17,20). The highest BCUT2D eigenvalue weighted by atomic mass is 16.3. The first-order valence-corrected chi connectivity index (χ1v) is 6.52. The topological polar surface area (TPSA) is 73.0 Å². The zero-order chi connectivity index (χ0) is 14.5. The predicted molar refractivity (Wildman–Crippen MR) is 75.4 cm³/mol. The fourth-order valence-electron chi connectivity index (χ4n) is 1.94. The summed E-state index contributed by atoms with van der Waals surface area (Å²) in [4.78, 5) is 15.7. The molecule has 3 aromatic rings. The molecule has 0 bridgehead atoms. The molecule has 6 heteroatoms. The van der Waals surface area contributed by atoms with E-state index < -0.39 is 0 Å². The van der Waals surface area contributed by atoms with Crippen LogP contribution in [0.15, 0.2) is 59.9 Å². The maximum absolute atomic E-state index is 11.8. The summed E-state index contributed by atoms with van der Waals surface area (Å²) in [7, 11) is 0. The summed E-state index contributed by atoms with van der Waals surface area (Å²) in [6.07, 6.45) is 6.10. The summed E-state index contributed by atoms with van der Waals surface area (Å²) >= 11 is 0. The van der Waals surface area contributed by atoms with Crippen LogP contribution in [0.2, 0.25) is 0 Å². The SMILES string of the molecule is O=C(NCc1ccc(Cn2cncn2)cc1)c1ccoc1. The van der Waals surface area contributed by atoms with Crippen molar-refractivity contribution < 1.29 is 9.21 Å². The Morgan fingerprint density at radius 1 is 1.19 bits per heavy atom. The smallest absolute Gasteiger partial charge is 0.254 e. The van der Waals surface area contributed by atoms with Crippen molar-refractivity contribution >= 4 is 5.91 Å². The highest BCUT2D eigenvalue weighted by Gasteiger charge is 2.06. The molecular weight excluding hydrogens is 268 g/mol. The van der Waals surface area contributed by atoms with Gasteiger partial charge in [0, 0.05) is 6.54 Å². The summed E-state index contributed by atoms with van der Waals surface area (Å²) in [5.41, 5.74) is 2.69. The Bertz CT molecular complexity index is 688. The molecule has 0 atom stereocenters. The Morgan fingerprint density at radius 3 is 2.67 bits per heavy atom. The lowest BCUT2D eigenvalue weighted by atomic mass is 10.1. The zero-order valence-electron chi connectivity index (χ0n) is 11.3. The van der Waals surface area contributed by atoms with Gasteiger partial charge in [0.2, 0.25) is 0 Å². The van der Waals surface area contributed by atoms with Gasteiger partial charge in [0.25, 0.3) is 5.91 Å². The molecule has 106 valence electrons. The molecule has 2 aromatic heterocycles. The molecule has 0 aliphatic carbocycles. The van der Waals surface area contributed by atoms with E-state index in [1.807, 2.05) is 24.3 Å². The van der Waals surface area contributed by atoms with Crippen LogP contribution in [-0.4, -0.2) is 20.7 Å². The maximum atomic E-state index is 11.8. The van der Waals surface area contributed by atoms with Gasteiger partial charge < -0.3 is 9.73 Å². The van der Waals surface area contributed by atoms with Crippen LogP contribution >= 0.6 is 0 Å². The number of aromatic nitrogens is 3. The van der Waals surface area contributed by atoms with Gasteiger partial charge in [0.1, 0.15) is 18.9 Å². The minimum atomic E-state index is -0.143. The third-order valence-corrected chi connectivity index (χ3v) is 3.07. The van der Waals surface area contributed by atoms with Gasteiger partial charge in [-0.1, -0.05) is 24.3 Å². The minimum Gasteiger partial charge on any atom is -0.472 e. The molecule has 0 aliphatic heterocycles. The van der Waals surface area contributed by atoms with Crippen LogP contribution in [-0.2, 0) is 13.1 Å². The molecule has 21 heavy (non-hydrogen) atoms. The predicted octanol–water partition coefficient (Wildman–Crippen LogP) is 1.85. The number of rotatable bonds is 5. The summed E-state index contributed by atoms with van der Waals surface area (Å²) in [5.74, 6) is -0.143. The molecule has 0 radical (unpaired) electrons. The lowest BCUT2D eigenvalue weighted by molar-refractivity contribution is 0.0950. The molecule has 1 aromatic carbocycles. The van der Waals surface area contributed by atoms with E-state index >= 15 is 0 Å². The maximum Gasteiger partial charge on any atom is 0.254 e. The van der Waals surface area contributed by atoms with Gasteiger partial charge >= 0.3 is 0 Å². The van der Waals surface area contributed by atoms with Crippen LogP contribution in [0.3, 0.4) is 0 Å². The van der Waals surface area contributed by atoms with E-state index in [4.69, 9.17) is 4.42 Å². The number of nitrogens with one attached hydrogen (secondary N) is 1. The zero-order valence-corrected chi connectivity index (χ0v) is 11.3. The normalized spacial score (nSPS) is 10.5. The number of carbonyl (C=O) groups is 1. The molecule has 1 N–H and O–H groups in total. The second-order valence-corrected chi connectivity index (χ2v) is 4.60. The van der Waals surface area contributed by atoms with Gasteiger partial charge in [0.15, 0.2) is 0 Å². The molecule has 0 spiro atoms. The summed E-state index contributed by atoms with van der Waals surface area (Å²) < 4.78 is 6.64. The largest absolute Gasteiger partial charge is 0.472 e. The molecule has 3 rings (SSSR count). The fraction of sp³-hybridized carbons (Fsp3) is 0.133. The minimum absolute atomic E-state index is 0.143. The number of hydrogen-bond donors (Lipinski definition) is 1. The van der Waals surface area contributed by atoms with Crippen molar-refractivity contribution in [3.05, 3.63) is 72.2 Å². The van der Waals surface area contributed by atoms with Gasteiger partial charge in [-0.25, -0.2) is 9.67 Å². The van der Waals surface area contributed by atoms with Gasteiger partial charge in [-0.2, -0.15) is 5.10 Å². The van der Waals surface area contributed by atoms with Crippen LogP contribution < -0.4 is 5.32 Å². The molecule has 0 unspecified atom stereocenters. The monoisotopic (exact) mass is 282 g/mol. The van der Waals surface area contributed by atoms with Crippen LogP contribution in [0, 0.1) is 0 Å².